The molecule has 0 aromatic carbocycles. The topological polar surface area (TPSA) is 6.48 Å². The minimum absolute atomic E-state index is 0.726. The Morgan fingerprint density at radius 2 is 1.89 bits per heavy atom. The molecule has 0 aromatic rings. The van der Waals surface area contributed by atoms with Gasteiger partial charge >= 0.3 is 0 Å². The molecule has 0 aromatic heterocycles. The van der Waals surface area contributed by atoms with Gasteiger partial charge in [0.05, 0.1) is 0 Å². The number of hydrogen-bond acceptors (Lipinski definition) is 2. The van der Waals surface area contributed by atoms with Crippen molar-refractivity contribution < 1.29 is 0 Å². The van der Waals surface area contributed by atoms with Crippen molar-refractivity contribution in [1.29, 1.82) is 0 Å². The summed E-state index contributed by atoms with van der Waals surface area (Å²) in [5.41, 5.74) is 0.726. The molecule has 2 rings (SSSR count). The summed E-state index contributed by atoms with van der Waals surface area (Å²) in [7, 11) is 4.36. The molecule has 0 radical (unpaired) electrons. The van der Waals surface area contributed by atoms with Crippen molar-refractivity contribution in [1.82, 2.24) is 9.80 Å². The SMILES string of the molecule is CCC1CCC2(CC1)CCN(CCCN(C)C)C2. The van der Waals surface area contributed by atoms with E-state index in [9.17, 15) is 0 Å². The fraction of sp³-hybridized carbons (Fsp3) is 1.00. The third-order valence-corrected chi connectivity index (χ3v) is 5.34. The molecule has 2 nitrogen and oxygen atoms in total. The maximum absolute atomic E-state index is 2.73. The van der Waals surface area contributed by atoms with Crippen molar-refractivity contribution in [2.45, 2.75) is 51.9 Å². The Balaban J connectivity index is 1.71. The van der Waals surface area contributed by atoms with Crippen LogP contribution in [0.5, 0.6) is 0 Å². The van der Waals surface area contributed by atoms with Gasteiger partial charge in [-0.3, -0.25) is 0 Å². The first-order chi connectivity index (χ1) is 8.63. The van der Waals surface area contributed by atoms with Crippen LogP contribution in [-0.2, 0) is 0 Å². The van der Waals surface area contributed by atoms with Crippen molar-refractivity contribution in [2.75, 3.05) is 40.3 Å². The van der Waals surface area contributed by atoms with E-state index in [0.717, 1.165) is 11.3 Å². The van der Waals surface area contributed by atoms with Gasteiger partial charge in [-0.2, -0.15) is 0 Å². The zero-order valence-electron chi connectivity index (χ0n) is 12.7. The zero-order valence-corrected chi connectivity index (χ0v) is 12.7. The van der Waals surface area contributed by atoms with Crippen LogP contribution in [0.15, 0.2) is 0 Å². The van der Waals surface area contributed by atoms with Crippen LogP contribution >= 0.6 is 0 Å². The van der Waals surface area contributed by atoms with Crippen molar-refractivity contribution in [3.05, 3.63) is 0 Å². The molecular formula is C16H32N2. The molecule has 1 spiro atoms. The fourth-order valence-corrected chi connectivity index (χ4v) is 3.94. The predicted molar refractivity (Wildman–Crippen MR) is 78.9 cm³/mol. The molecule has 1 aliphatic heterocycles. The molecule has 1 aliphatic carbocycles. The second-order valence-electron chi connectivity index (χ2n) is 7.03. The highest BCUT2D eigenvalue weighted by Crippen LogP contribution is 2.46. The van der Waals surface area contributed by atoms with Crippen LogP contribution in [0.25, 0.3) is 0 Å². The first-order valence-corrected chi connectivity index (χ1v) is 8.01. The summed E-state index contributed by atoms with van der Waals surface area (Å²) in [6, 6.07) is 0. The Morgan fingerprint density at radius 3 is 2.50 bits per heavy atom. The average Bonchev–Trinajstić information content (AvgIpc) is 2.73. The third kappa shape index (κ3) is 3.71. The van der Waals surface area contributed by atoms with Crippen molar-refractivity contribution in [3.63, 3.8) is 0 Å². The second kappa shape index (κ2) is 6.38. The first kappa shape index (κ1) is 14.3. The molecule has 18 heavy (non-hydrogen) atoms. The van der Waals surface area contributed by atoms with Crippen LogP contribution in [0.2, 0.25) is 0 Å². The van der Waals surface area contributed by atoms with E-state index in [2.05, 4.69) is 30.8 Å². The molecule has 0 unspecified atom stereocenters. The Hall–Kier alpha value is -0.0800. The molecular weight excluding hydrogens is 220 g/mol. The summed E-state index contributed by atoms with van der Waals surface area (Å²) in [4.78, 5) is 5.04. The second-order valence-corrected chi connectivity index (χ2v) is 7.03. The van der Waals surface area contributed by atoms with Gasteiger partial charge in [0, 0.05) is 6.54 Å². The highest BCUT2D eigenvalue weighted by Gasteiger charge is 2.40. The molecule has 0 bridgehead atoms. The molecule has 0 atom stereocenters. The van der Waals surface area contributed by atoms with E-state index in [1.807, 2.05) is 0 Å². The van der Waals surface area contributed by atoms with Crippen LogP contribution in [0, 0.1) is 11.3 Å². The van der Waals surface area contributed by atoms with Crippen LogP contribution in [0.1, 0.15) is 51.9 Å². The van der Waals surface area contributed by atoms with Gasteiger partial charge in [0.1, 0.15) is 0 Å². The van der Waals surface area contributed by atoms with Gasteiger partial charge in [0.2, 0.25) is 0 Å². The number of hydrogen-bond donors (Lipinski definition) is 0. The lowest BCUT2D eigenvalue weighted by Gasteiger charge is -2.37. The molecule has 2 fully saturated rings. The summed E-state index contributed by atoms with van der Waals surface area (Å²) >= 11 is 0. The lowest BCUT2D eigenvalue weighted by molar-refractivity contribution is 0.147. The molecule has 0 N–H and O–H groups in total. The Kier molecular flexibility index (Phi) is 5.08. The molecule has 2 heteroatoms. The van der Waals surface area contributed by atoms with Crippen molar-refractivity contribution >= 4 is 0 Å². The first-order valence-electron chi connectivity index (χ1n) is 8.01. The quantitative estimate of drug-likeness (QED) is 0.741. The minimum Gasteiger partial charge on any atom is -0.309 e. The maximum atomic E-state index is 2.73. The highest BCUT2D eigenvalue weighted by atomic mass is 15.2. The molecule has 1 saturated carbocycles. The Labute approximate surface area is 114 Å². The number of nitrogens with zero attached hydrogens (tertiary/aromatic N) is 2. The molecule has 2 aliphatic rings. The lowest BCUT2D eigenvalue weighted by Crippen LogP contribution is -2.32. The standard InChI is InChI=1S/C16H32N2/c1-4-15-6-8-16(9-7-15)10-13-18(14-16)12-5-11-17(2)3/h15H,4-14H2,1-3H3. The van der Waals surface area contributed by atoms with E-state index in [1.165, 1.54) is 71.1 Å². The largest absolute Gasteiger partial charge is 0.309 e. The van der Waals surface area contributed by atoms with Gasteiger partial charge in [0.25, 0.3) is 0 Å². The normalized spacial score (nSPS) is 33.7. The van der Waals surface area contributed by atoms with E-state index >= 15 is 0 Å². The van der Waals surface area contributed by atoms with E-state index in [-0.39, 0.29) is 0 Å². The lowest BCUT2D eigenvalue weighted by atomic mass is 9.69. The van der Waals surface area contributed by atoms with E-state index in [0.29, 0.717) is 0 Å². The van der Waals surface area contributed by atoms with Crippen LogP contribution in [-0.4, -0.2) is 50.1 Å². The minimum atomic E-state index is 0.726. The molecule has 1 saturated heterocycles. The predicted octanol–water partition coefficient (Wildman–Crippen LogP) is 3.23. The van der Waals surface area contributed by atoms with E-state index < -0.39 is 0 Å². The van der Waals surface area contributed by atoms with Gasteiger partial charge < -0.3 is 9.80 Å². The maximum Gasteiger partial charge on any atom is 0.00385 e. The summed E-state index contributed by atoms with van der Waals surface area (Å²) in [6.45, 7) is 7.69. The van der Waals surface area contributed by atoms with Crippen molar-refractivity contribution in [2.24, 2.45) is 11.3 Å². The van der Waals surface area contributed by atoms with Crippen LogP contribution in [0.3, 0.4) is 0 Å². The van der Waals surface area contributed by atoms with Gasteiger partial charge in [-0.15, -0.1) is 0 Å². The highest BCUT2D eigenvalue weighted by molar-refractivity contribution is 4.93. The number of likely N-dealkylation sites (tertiary alicyclic amines) is 1. The summed E-state index contributed by atoms with van der Waals surface area (Å²) < 4.78 is 0. The molecule has 1 heterocycles. The monoisotopic (exact) mass is 252 g/mol. The summed E-state index contributed by atoms with van der Waals surface area (Å²) in [5, 5.41) is 0. The van der Waals surface area contributed by atoms with E-state index in [1.54, 1.807) is 0 Å². The van der Waals surface area contributed by atoms with Gasteiger partial charge in [-0.25, -0.2) is 0 Å². The zero-order chi connectivity index (χ0) is 13.0. The Bertz CT molecular complexity index is 241. The third-order valence-electron chi connectivity index (χ3n) is 5.34. The van der Waals surface area contributed by atoms with Gasteiger partial charge in [-0.05, 0) is 83.6 Å². The smallest absolute Gasteiger partial charge is 0.00385 e. The van der Waals surface area contributed by atoms with Crippen LogP contribution in [0.4, 0.5) is 0 Å². The molecule has 0 amide bonds. The van der Waals surface area contributed by atoms with Crippen LogP contribution < -0.4 is 0 Å². The average molecular weight is 252 g/mol. The number of rotatable bonds is 5. The van der Waals surface area contributed by atoms with Crippen molar-refractivity contribution in [3.8, 4) is 0 Å². The summed E-state index contributed by atoms with van der Waals surface area (Å²) in [5.74, 6) is 1.04. The Morgan fingerprint density at radius 1 is 1.17 bits per heavy atom. The van der Waals surface area contributed by atoms with Gasteiger partial charge in [0.15, 0.2) is 0 Å². The van der Waals surface area contributed by atoms with E-state index in [4.69, 9.17) is 0 Å². The van der Waals surface area contributed by atoms with Gasteiger partial charge in [-0.1, -0.05) is 13.3 Å². The summed E-state index contributed by atoms with van der Waals surface area (Å²) in [6.07, 6.45) is 10.2. The fourth-order valence-electron chi connectivity index (χ4n) is 3.94. The molecule has 106 valence electrons.